The summed E-state index contributed by atoms with van der Waals surface area (Å²) in [6.07, 6.45) is 75.0. The van der Waals surface area contributed by atoms with Crippen LogP contribution in [0.5, 0.6) is 0 Å². The van der Waals surface area contributed by atoms with E-state index < -0.39 is 97.5 Å². The standard InChI is InChI=1S/C88H172O17P2/c1-6-9-12-15-18-21-24-26-28-30-35-39-43-47-52-57-62-67-72-86(91)99-78-84(105-88(93)74-69-64-59-54-49-45-41-37-33-32-34-38-42-46-50-55-60-65-70-81(4)5)80-103-107(96,97)101-76-82(89)75-100-106(94,95)102-79-83(77-98-85(90)71-66-61-56-51-23-20-17-14-11-8-3)104-87(92)73-68-63-58-53-48-44-40-36-31-29-27-25-22-19-16-13-10-7-2/h81-84,89H,6-80H2,1-5H3,(H,94,95)(H,96,97)/t82-,83+,84+/m0/s1. The third-order valence-electron chi connectivity index (χ3n) is 20.8. The number of ether oxygens (including phenoxy) is 4. The molecule has 0 radical (unpaired) electrons. The minimum atomic E-state index is -4.97. The van der Waals surface area contributed by atoms with Crippen molar-refractivity contribution in [3.8, 4) is 0 Å². The van der Waals surface area contributed by atoms with E-state index in [1.54, 1.807) is 0 Å². The highest BCUT2D eigenvalue weighted by molar-refractivity contribution is 7.47. The number of phosphoric ester groups is 2. The number of carbonyl (C=O) groups is 4. The molecule has 0 aromatic rings. The molecule has 636 valence electrons. The van der Waals surface area contributed by atoms with E-state index in [1.807, 2.05) is 0 Å². The summed E-state index contributed by atoms with van der Waals surface area (Å²) in [7, 11) is -9.93. The number of phosphoric acid groups is 2. The lowest BCUT2D eigenvalue weighted by Crippen LogP contribution is -2.30. The summed E-state index contributed by atoms with van der Waals surface area (Å²) in [5.41, 5.74) is 0. The number of hydrogen-bond donors (Lipinski definition) is 3. The van der Waals surface area contributed by atoms with Gasteiger partial charge in [0.1, 0.15) is 19.3 Å². The minimum Gasteiger partial charge on any atom is -0.462 e. The second-order valence-electron chi connectivity index (χ2n) is 32.1. The van der Waals surface area contributed by atoms with Crippen LogP contribution in [0.1, 0.15) is 478 Å². The van der Waals surface area contributed by atoms with E-state index in [9.17, 15) is 43.2 Å². The minimum absolute atomic E-state index is 0.109. The van der Waals surface area contributed by atoms with E-state index in [0.717, 1.165) is 95.8 Å². The van der Waals surface area contributed by atoms with Crippen molar-refractivity contribution in [1.82, 2.24) is 0 Å². The van der Waals surface area contributed by atoms with Gasteiger partial charge in [-0.25, -0.2) is 9.13 Å². The smallest absolute Gasteiger partial charge is 0.462 e. The molecule has 0 aliphatic carbocycles. The Labute approximate surface area is 658 Å². The maximum atomic E-state index is 13.2. The van der Waals surface area contributed by atoms with Gasteiger partial charge in [0.25, 0.3) is 0 Å². The molecule has 107 heavy (non-hydrogen) atoms. The highest BCUT2D eigenvalue weighted by atomic mass is 31.2. The summed E-state index contributed by atoms with van der Waals surface area (Å²) >= 11 is 0. The van der Waals surface area contributed by atoms with Gasteiger partial charge >= 0.3 is 39.5 Å². The summed E-state index contributed by atoms with van der Waals surface area (Å²) in [5, 5.41) is 10.7. The third-order valence-corrected chi connectivity index (χ3v) is 22.7. The quantitative estimate of drug-likeness (QED) is 0.0222. The third kappa shape index (κ3) is 81.9. The van der Waals surface area contributed by atoms with Crippen LogP contribution in [0.25, 0.3) is 0 Å². The molecule has 0 heterocycles. The lowest BCUT2D eigenvalue weighted by molar-refractivity contribution is -0.161. The molecule has 0 aliphatic heterocycles. The van der Waals surface area contributed by atoms with Crippen LogP contribution in [0.2, 0.25) is 0 Å². The average molecular weight is 1560 g/mol. The van der Waals surface area contributed by atoms with Crippen molar-refractivity contribution in [2.24, 2.45) is 5.92 Å². The van der Waals surface area contributed by atoms with Gasteiger partial charge in [-0.05, 0) is 31.6 Å². The summed E-state index contributed by atoms with van der Waals surface area (Å²) in [4.78, 5) is 73.3. The van der Waals surface area contributed by atoms with E-state index in [2.05, 4.69) is 34.6 Å². The number of aliphatic hydroxyl groups excluding tert-OH is 1. The van der Waals surface area contributed by atoms with Gasteiger partial charge in [0, 0.05) is 25.7 Å². The van der Waals surface area contributed by atoms with E-state index in [-0.39, 0.29) is 25.7 Å². The normalized spacial score (nSPS) is 13.7. The molecular weight excluding hydrogens is 1390 g/mol. The first-order chi connectivity index (χ1) is 52.0. The van der Waals surface area contributed by atoms with E-state index in [0.29, 0.717) is 25.7 Å². The maximum absolute atomic E-state index is 13.2. The molecule has 0 saturated carbocycles. The molecule has 0 aliphatic rings. The van der Waals surface area contributed by atoms with Crippen LogP contribution in [-0.2, 0) is 65.4 Å². The van der Waals surface area contributed by atoms with Crippen molar-refractivity contribution < 1.29 is 80.2 Å². The number of esters is 4. The molecule has 0 aromatic heterocycles. The zero-order valence-corrected chi connectivity index (χ0v) is 72.1. The van der Waals surface area contributed by atoms with Crippen LogP contribution >= 0.6 is 15.6 Å². The molecule has 0 fully saturated rings. The van der Waals surface area contributed by atoms with Crippen molar-refractivity contribution in [3.63, 3.8) is 0 Å². The molecule has 0 amide bonds. The number of carbonyl (C=O) groups excluding carboxylic acids is 4. The molecule has 0 saturated heterocycles. The first-order valence-electron chi connectivity index (χ1n) is 45.6. The zero-order chi connectivity index (χ0) is 78.3. The average Bonchev–Trinajstić information content (AvgIpc) is 0.911. The predicted molar refractivity (Wildman–Crippen MR) is 442 cm³/mol. The molecule has 17 nitrogen and oxygen atoms in total. The highest BCUT2D eigenvalue weighted by Gasteiger charge is 2.30. The molecule has 5 atom stereocenters. The number of aliphatic hydroxyl groups is 1. The molecule has 0 spiro atoms. The van der Waals surface area contributed by atoms with Crippen LogP contribution in [0.4, 0.5) is 0 Å². The number of rotatable bonds is 88. The van der Waals surface area contributed by atoms with Crippen LogP contribution in [0.3, 0.4) is 0 Å². The van der Waals surface area contributed by atoms with Gasteiger partial charge in [-0.3, -0.25) is 37.3 Å². The molecule has 0 bridgehead atoms. The van der Waals surface area contributed by atoms with Gasteiger partial charge in [0.05, 0.1) is 26.4 Å². The van der Waals surface area contributed by atoms with Gasteiger partial charge in [-0.2, -0.15) is 0 Å². The topological polar surface area (TPSA) is 237 Å². The second kappa shape index (κ2) is 80.7. The van der Waals surface area contributed by atoms with Crippen LogP contribution in [0, 0.1) is 5.92 Å². The molecule has 3 N–H and O–H groups in total. The van der Waals surface area contributed by atoms with Crippen LogP contribution in [-0.4, -0.2) is 96.7 Å². The van der Waals surface area contributed by atoms with Crippen molar-refractivity contribution >= 4 is 39.5 Å². The molecule has 0 aromatic carbocycles. The van der Waals surface area contributed by atoms with E-state index in [1.165, 1.54) is 302 Å². The van der Waals surface area contributed by atoms with Crippen molar-refractivity contribution in [3.05, 3.63) is 0 Å². The Bertz CT molecular complexity index is 2030. The molecule has 0 rings (SSSR count). The first kappa shape index (κ1) is 105. The van der Waals surface area contributed by atoms with Gasteiger partial charge in [0.2, 0.25) is 0 Å². The lowest BCUT2D eigenvalue weighted by Gasteiger charge is -2.21. The van der Waals surface area contributed by atoms with Gasteiger partial charge in [-0.1, -0.05) is 426 Å². The molecule has 2 unspecified atom stereocenters. The maximum Gasteiger partial charge on any atom is 0.472 e. The van der Waals surface area contributed by atoms with Crippen molar-refractivity contribution in [2.75, 3.05) is 39.6 Å². The molecule has 19 heteroatoms. The highest BCUT2D eigenvalue weighted by Crippen LogP contribution is 2.45. The van der Waals surface area contributed by atoms with E-state index in [4.69, 9.17) is 37.0 Å². The Balaban J connectivity index is 5.22. The van der Waals surface area contributed by atoms with Gasteiger partial charge < -0.3 is 33.8 Å². The first-order valence-corrected chi connectivity index (χ1v) is 48.6. The summed E-state index contributed by atoms with van der Waals surface area (Å²) in [6.45, 7) is 7.41. The van der Waals surface area contributed by atoms with Crippen molar-refractivity contribution in [2.45, 2.75) is 496 Å². The Morgan fingerprint density at radius 3 is 0.636 bits per heavy atom. The Morgan fingerprint density at radius 1 is 0.252 bits per heavy atom. The second-order valence-corrected chi connectivity index (χ2v) is 35.0. The predicted octanol–water partition coefficient (Wildman–Crippen LogP) is 27.2. The fourth-order valence-electron chi connectivity index (χ4n) is 13.8. The number of hydrogen-bond acceptors (Lipinski definition) is 15. The summed E-state index contributed by atoms with van der Waals surface area (Å²) in [6, 6.07) is 0. The Kier molecular flexibility index (Phi) is 79.2. The monoisotopic (exact) mass is 1560 g/mol. The molecular formula is C88H172O17P2. The fraction of sp³-hybridized carbons (Fsp3) is 0.955. The Morgan fingerprint density at radius 2 is 0.430 bits per heavy atom. The lowest BCUT2D eigenvalue weighted by atomic mass is 10.0. The van der Waals surface area contributed by atoms with Crippen LogP contribution in [0.15, 0.2) is 0 Å². The SMILES string of the molecule is CCCCCCCCCCCCCCCCCCCCC(=O)OC[C@H](COP(=O)(O)OC[C@@H](O)COP(=O)(O)OC[C@@H](COC(=O)CCCCCCCCCCCC)OC(=O)CCCCCCCCCCCCCCCCCCCC)OC(=O)CCCCCCCCCCCCCCCCCCCCC(C)C. The number of unbranched alkanes of at least 4 members (excludes halogenated alkanes) is 60. The summed E-state index contributed by atoms with van der Waals surface area (Å²) < 4.78 is 69.0. The van der Waals surface area contributed by atoms with Gasteiger partial charge in [0.15, 0.2) is 12.2 Å². The van der Waals surface area contributed by atoms with Crippen molar-refractivity contribution in [1.29, 1.82) is 0 Å². The fourth-order valence-corrected chi connectivity index (χ4v) is 15.4. The zero-order valence-electron chi connectivity index (χ0n) is 70.3. The Hall–Kier alpha value is -1.94. The van der Waals surface area contributed by atoms with E-state index >= 15 is 0 Å². The van der Waals surface area contributed by atoms with Crippen LogP contribution < -0.4 is 0 Å². The van der Waals surface area contributed by atoms with Gasteiger partial charge in [-0.15, -0.1) is 0 Å². The summed E-state index contributed by atoms with van der Waals surface area (Å²) in [5.74, 6) is -1.28. The largest absolute Gasteiger partial charge is 0.472 e.